The Morgan fingerprint density at radius 1 is 1.40 bits per heavy atom. The van der Waals surface area contributed by atoms with Crippen LogP contribution in [0.25, 0.3) is 0 Å². The van der Waals surface area contributed by atoms with Crippen molar-refractivity contribution in [2.45, 2.75) is 33.1 Å². The molecule has 0 bridgehead atoms. The zero-order valence-electron chi connectivity index (χ0n) is 9.40. The molecule has 0 aromatic rings. The number of carboxylic acids is 1. The lowest BCUT2D eigenvalue weighted by Crippen LogP contribution is -2.33. The molecule has 0 radical (unpaired) electrons. The number of carbonyl (C=O) groups is 2. The molecule has 0 saturated heterocycles. The average molecular weight is 213 g/mol. The molecule has 4 nitrogen and oxygen atoms in total. The highest BCUT2D eigenvalue weighted by molar-refractivity contribution is 5.76. The van der Waals surface area contributed by atoms with Gasteiger partial charge in [-0.2, -0.15) is 0 Å². The van der Waals surface area contributed by atoms with Crippen molar-refractivity contribution in [1.82, 2.24) is 4.90 Å². The predicted octanol–water partition coefficient (Wildman–Crippen LogP) is 1.67. The summed E-state index contributed by atoms with van der Waals surface area (Å²) in [4.78, 5) is 22.2. The molecule has 1 rings (SSSR count). The molecular formula is C11H19NO3. The van der Waals surface area contributed by atoms with Gasteiger partial charge in [0.05, 0.1) is 0 Å². The summed E-state index contributed by atoms with van der Waals surface area (Å²) < 4.78 is 0. The van der Waals surface area contributed by atoms with Crippen LogP contribution in [0.1, 0.15) is 33.1 Å². The first-order valence-electron chi connectivity index (χ1n) is 5.20. The lowest BCUT2D eigenvalue weighted by molar-refractivity contribution is -0.134. The molecule has 86 valence electrons. The van der Waals surface area contributed by atoms with Gasteiger partial charge >= 0.3 is 0 Å². The highest BCUT2D eigenvalue weighted by Gasteiger charge is 2.11. The number of carboxylic acid groups (broad SMARTS) is 1. The van der Waals surface area contributed by atoms with E-state index in [1.165, 1.54) is 0 Å². The Morgan fingerprint density at radius 2 is 2.00 bits per heavy atom. The van der Waals surface area contributed by atoms with Crippen LogP contribution >= 0.6 is 0 Å². The Hall–Kier alpha value is -1.32. The highest BCUT2D eigenvalue weighted by atomic mass is 16.4. The Kier molecular flexibility index (Phi) is 7.32. The molecule has 0 atom stereocenters. The molecule has 1 aliphatic heterocycles. The molecule has 1 N–H and O–H groups in total. The Morgan fingerprint density at radius 3 is 2.40 bits per heavy atom. The maximum absolute atomic E-state index is 11.3. The molecule has 0 fully saturated rings. The lowest BCUT2D eigenvalue weighted by Gasteiger charge is -2.22. The van der Waals surface area contributed by atoms with Crippen molar-refractivity contribution in [3.05, 3.63) is 12.2 Å². The largest absolute Gasteiger partial charge is 0.481 e. The molecule has 0 aromatic heterocycles. The summed E-state index contributed by atoms with van der Waals surface area (Å²) in [6, 6.07) is 0. The van der Waals surface area contributed by atoms with E-state index in [0.29, 0.717) is 12.3 Å². The summed E-state index contributed by atoms with van der Waals surface area (Å²) in [5.41, 5.74) is 0. The minimum Gasteiger partial charge on any atom is -0.481 e. The number of hydrogen-bond acceptors (Lipinski definition) is 2. The number of aliphatic carboxylic acids is 1. The third-order valence-corrected chi connectivity index (χ3v) is 1.87. The van der Waals surface area contributed by atoms with Gasteiger partial charge in [0.1, 0.15) is 0 Å². The predicted molar refractivity (Wildman–Crippen MR) is 58.6 cm³/mol. The molecular weight excluding hydrogens is 194 g/mol. The Balaban J connectivity index is 0.000000423. The van der Waals surface area contributed by atoms with E-state index >= 15 is 0 Å². The number of hydrogen-bond donors (Lipinski definition) is 1. The van der Waals surface area contributed by atoms with Crippen LogP contribution in [0.5, 0.6) is 0 Å². The number of rotatable bonds is 2. The van der Waals surface area contributed by atoms with Crippen LogP contribution in [-0.2, 0) is 9.59 Å². The quantitative estimate of drug-likeness (QED) is 0.710. The van der Waals surface area contributed by atoms with Gasteiger partial charge in [0, 0.05) is 26.4 Å². The zero-order chi connectivity index (χ0) is 11.7. The van der Waals surface area contributed by atoms with Crippen LogP contribution in [0.3, 0.4) is 0 Å². The fourth-order valence-electron chi connectivity index (χ4n) is 1.24. The van der Waals surface area contributed by atoms with Crippen molar-refractivity contribution >= 4 is 11.9 Å². The molecule has 0 aromatic carbocycles. The van der Waals surface area contributed by atoms with E-state index in [4.69, 9.17) is 9.90 Å². The van der Waals surface area contributed by atoms with E-state index in [2.05, 4.69) is 12.2 Å². The molecule has 0 saturated carbocycles. The SMILES string of the molecule is CC(=O)O.CCCC(=O)N1CC=CCC1. The number of carbonyl (C=O) groups excluding carboxylic acids is 1. The van der Waals surface area contributed by atoms with E-state index in [1.807, 2.05) is 11.8 Å². The number of amides is 1. The molecule has 0 unspecified atom stereocenters. The molecule has 1 aliphatic rings. The van der Waals surface area contributed by atoms with Crippen molar-refractivity contribution in [2.75, 3.05) is 13.1 Å². The van der Waals surface area contributed by atoms with Crippen LogP contribution < -0.4 is 0 Å². The fourth-order valence-corrected chi connectivity index (χ4v) is 1.24. The normalized spacial score (nSPS) is 14.1. The average Bonchev–Trinajstić information content (AvgIpc) is 2.19. The van der Waals surface area contributed by atoms with E-state index in [1.54, 1.807) is 0 Å². The molecule has 4 heteroatoms. The molecule has 15 heavy (non-hydrogen) atoms. The van der Waals surface area contributed by atoms with E-state index < -0.39 is 5.97 Å². The second-order valence-electron chi connectivity index (χ2n) is 3.37. The van der Waals surface area contributed by atoms with Gasteiger partial charge in [-0.1, -0.05) is 19.1 Å². The third kappa shape index (κ3) is 7.73. The van der Waals surface area contributed by atoms with Crippen LogP contribution in [0.2, 0.25) is 0 Å². The zero-order valence-corrected chi connectivity index (χ0v) is 9.40. The van der Waals surface area contributed by atoms with Crippen molar-refractivity contribution < 1.29 is 14.7 Å². The van der Waals surface area contributed by atoms with Gasteiger partial charge in [0.2, 0.25) is 5.91 Å². The van der Waals surface area contributed by atoms with Crippen molar-refractivity contribution in [3.8, 4) is 0 Å². The van der Waals surface area contributed by atoms with Crippen LogP contribution in [-0.4, -0.2) is 35.0 Å². The Labute approximate surface area is 90.6 Å². The molecule has 1 amide bonds. The van der Waals surface area contributed by atoms with Gasteiger partial charge < -0.3 is 10.0 Å². The van der Waals surface area contributed by atoms with Crippen molar-refractivity contribution in [3.63, 3.8) is 0 Å². The summed E-state index contributed by atoms with van der Waals surface area (Å²) in [6.45, 7) is 4.85. The molecule has 0 aliphatic carbocycles. The lowest BCUT2D eigenvalue weighted by atomic mass is 10.2. The fraction of sp³-hybridized carbons (Fsp3) is 0.636. The van der Waals surface area contributed by atoms with Crippen LogP contribution in [0, 0.1) is 0 Å². The van der Waals surface area contributed by atoms with E-state index in [-0.39, 0.29) is 0 Å². The van der Waals surface area contributed by atoms with Gasteiger partial charge in [0.25, 0.3) is 5.97 Å². The molecule has 0 spiro atoms. The number of nitrogens with zero attached hydrogens (tertiary/aromatic N) is 1. The molecule has 1 heterocycles. The first-order valence-corrected chi connectivity index (χ1v) is 5.20. The van der Waals surface area contributed by atoms with E-state index in [0.717, 1.165) is 32.9 Å². The summed E-state index contributed by atoms with van der Waals surface area (Å²) >= 11 is 0. The van der Waals surface area contributed by atoms with Crippen LogP contribution in [0.4, 0.5) is 0 Å². The summed E-state index contributed by atoms with van der Waals surface area (Å²) in [7, 11) is 0. The summed E-state index contributed by atoms with van der Waals surface area (Å²) in [5.74, 6) is -0.531. The van der Waals surface area contributed by atoms with Crippen molar-refractivity contribution in [2.24, 2.45) is 0 Å². The highest BCUT2D eigenvalue weighted by Crippen LogP contribution is 2.04. The van der Waals surface area contributed by atoms with Gasteiger partial charge in [-0.25, -0.2) is 0 Å². The minimum atomic E-state index is -0.833. The van der Waals surface area contributed by atoms with Crippen molar-refractivity contribution in [1.29, 1.82) is 0 Å². The second-order valence-corrected chi connectivity index (χ2v) is 3.37. The van der Waals surface area contributed by atoms with Gasteiger partial charge in [-0.15, -0.1) is 0 Å². The Bertz CT molecular complexity index is 232. The smallest absolute Gasteiger partial charge is 0.300 e. The third-order valence-electron chi connectivity index (χ3n) is 1.87. The van der Waals surface area contributed by atoms with Gasteiger partial charge in [-0.05, 0) is 12.8 Å². The van der Waals surface area contributed by atoms with Crippen LogP contribution in [0.15, 0.2) is 12.2 Å². The first kappa shape index (κ1) is 13.7. The minimum absolute atomic E-state index is 0.303. The first-order chi connectivity index (χ1) is 7.07. The topological polar surface area (TPSA) is 57.6 Å². The maximum Gasteiger partial charge on any atom is 0.300 e. The van der Waals surface area contributed by atoms with Gasteiger partial charge in [0.15, 0.2) is 0 Å². The summed E-state index contributed by atoms with van der Waals surface area (Å²) in [6.07, 6.45) is 6.88. The van der Waals surface area contributed by atoms with Gasteiger partial charge in [-0.3, -0.25) is 9.59 Å². The standard InChI is InChI=1S/C9H15NO.C2H4O2/c1-2-6-9(11)10-7-4-3-5-8-10;1-2(3)4/h3-4H,2,5-8H2,1H3;1H3,(H,3,4). The maximum atomic E-state index is 11.3. The monoisotopic (exact) mass is 213 g/mol. The van der Waals surface area contributed by atoms with E-state index in [9.17, 15) is 4.79 Å². The second kappa shape index (κ2) is 8.03. The summed E-state index contributed by atoms with van der Waals surface area (Å²) in [5, 5.41) is 7.42.